The number of hydrogen-bond acceptors (Lipinski definition) is 5. The normalized spacial score (nSPS) is 13.3. The first-order chi connectivity index (χ1) is 15.0. The number of hydrogen-bond donors (Lipinski definition) is 6. The first-order valence-electron chi connectivity index (χ1n) is 9.80. The minimum atomic E-state index is -4.57. The van der Waals surface area contributed by atoms with Gasteiger partial charge in [-0.3, -0.25) is 5.41 Å². The van der Waals surface area contributed by atoms with Crippen molar-refractivity contribution in [1.82, 2.24) is 0 Å². The molecule has 6 nitrogen and oxygen atoms in total. The minimum absolute atomic E-state index is 0.0743. The summed E-state index contributed by atoms with van der Waals surface area (Å²) in [6, 6.07) is 10.4. The molecule has 2 aromatic rings. The van der Waals surface area contributed by atoms with Crippen LogP contribution in [0.3, 0.4) is 0 Å². The van der Waals surface area contributed by atoms with Gasteiger partial charge in [-0.05, 0) is 43.5 Å². The van der Waals surface area contributed by atoms with Crippen LogP contribution in [0.2, 0.25) is 0 Å². The van der Waals surface area contributed by atoms with Crippen molar-refractivity contribution in [2.45, 2.75) is 26.4 Å². The van der Waals surface area contributed by atoms with Crippen molar-refractivity contribution in [3.63, 3.8) is 0 Å². The molecule has 0 aliphatic heterocycles. The van der Waals surface area contributed by atoms with E-state index < -0.39 is 18.3 Å². The molecule has 2 rings (SSSR count). The van der Waals surface area contributed by atoms with Gasteiger partial charge in [-0.25, -0.2) is 0 Å². The van der Waals surface area contributed by atoms with E-state index in [0.29, 0.717) is 28.7 Å². The van der Waals surface area contributed by atoms with E-state index in [2.05, 4.69) is 5.32 Å². The van der Waals surface area contributed by atoms with Gasteiger partial charge in [0, 0.05) is 29.1 Å². The van der Waals surface area contributed by atoms with Crippen LogP contribution in [0.4, 0.5) is 18.9 Å². The van der Waals surface area contributed by atoms with Gasteiger partial charge in [-0.2, -0.15) is 13.2 Å². The van der Waals surface area contributed by atoms with Gasteiger partial charge in [0.2, 0.25) is 0 Å². The molecule has 0 aromatic heterocycles. The van der Waals surface area contributed by atoms with Gasteiger partial charge in [0.1, 0.15) is 11.6 Å². The SMILES string of the molecule is C/C(N)=C(O)/C(CO)=C(\C)CCNc1ccc(-c2ccc(C(=N)N)cc2)cc1C(F)(F)F. The standard InChI is InChI=1S/C23H27F3N4O2/c1-13(18(12-31)21(32)14(2)27)9-10-30-20-8-7-17(11-19(20)23(24,25)26)15-3-5-16(6-4-15)22(28)29/h3-8,11,30-32H,9-10,12,27H2,1-2H3,(H3,28,29)/b18-13+,21-14+. The highest BCUT2D eigenvalue weighted by Gasteiger charge is 2.33. The fourth-order valence-corrected chi connectivity index (χ4v) is 3.14. The Bertz CT molecular complexity index is 1040. The van der Waals surface area contributed by atoms with Gasteiger partial charge in [0.15, 0.2) is 0 Å². The molecular weight excluding hydrogens is 421 g/mol. The third-order valence-corrected chi connectivity index (χ3v) is 5.00. The maximum Gasteiger partial charge on any atom is 0.418 e. The summed E-state index contributed by atoms with van der Waals surface area (Å²) in [4.78, 5) is 0. The zero-order chi connectivity index (χ0) is 24.1. The molecule has 0 atom stereocenters. The third-order valence-electron chi connectivity index (χ3n) is 5.00. The van der Waals surface area contributed by atoms with Crippen LogP contribution in [-0.4, -0.2) is 29.2 Å². The van der Waals surface area contributed by atoms with E-state index in [4.69, 9.17) is 16.9 Å². The monoisotopic (exact) mass is 448 g/mol. The quantitative estimate of drug-likeness (QED) is 0.153. The molecule has 0 aliphatic rings. The van der Waals surface area contributed by atoms with E-state index in [0.717, 1.165) is 6.07 Å². The highest BCUT2D eigenvalue weighted by atomic mass is 19.4. The van der Waals surface area contributed by atoms with Crippen LogP contribution in [0.15, 0.2) is 65.1 Å². The van der Waals surface area contributed by atoms with E-state index in [1.165, 1.54) is 13.0 Å². The molecule has 9 heteroatoms. The number of halogens is 3. The van der Waals surface area contributed by atoms with Crippen molar-refractivity contribution >= 4 is 11.5 Å². The number of nitrogens with one attached hydrogen (secondary N) is 2. The molecule has 0 unspecified atom stereocenters. The first-order valence-corrected chi connectivity index (χ1v) is 9.80. The molecule has 0 saturated heterocycles. The van der Waals surface area contributed by atoms with E-state index in [1.807, 2.05) is 0 Å². The smallest absolute Gasteiger partial charge is 0.418 e. The number of nitrogens with two attached hydrogens (primary N) is 2. The maximum atomic E-state index is 13.7. The fraction of sp³-hybridized carbons (Fsp3) is 0.261. The van der Waals surface area contributed by atoms with Crippen LogP contribution in [0, 0.1) is 5.41 Å². The molecule has 2 aromatic carbocycles. The average Bonchev–Trinajstić information content (AvgIpc) is 2.73. The van der Waals surface area contributed by atoms with Crippen LogP contribution in [-0.2, 0) is 6.18 Å². The highest BCUT2D eigenvalue weighted by Crippen LogP contribution is 2.37. The van der Waals surface area contributed by atoms with Crippen molar-refractivity contribution < 1.29 is 23.4 Å². The second-order valence-corrected chi connectivity index (χ2v) is 7.37. The van der Waals surface area contributed by atoms with Crippen molar-refractivity contribution in [3.8, 4) is 11.1 Å². The summed E-state index contributed by atoms with van der Waals surface area (Å²) < 4.78 is 41.1. The lowest BCUT2D eigenvalue weighted by atomic mass is 10.00. The number of allylic oxidation sites excluding steroid dienone is 1. The van der Waals surface area contributed by atoms with Crippen molar-refractivity contribution in [3.05, 3.63) is 76.2 Å². The molecule has 0 radical (unpaired) electrons. The molecule has 0 aliphatic carbocycles. The number of rotatable bonds is 8. The molecular formula is C23H27F3N4O2. The van der Waals surface area contributed by atoms with Crippen LogP contribution in [0.1, 0.15) is 31.4 Å². The zero-order valence-electron chi connectivity index (χ0n) is 17.8. The second kappa shape index (κ2) is 10.2. The topological polar surface area (TPSA) is 128 Å². The number of aliphatic hydroxyl groups is 2. The second-order valence-electron chi connectivity index (χ2n) is 7.37. The summed E-state index contributed by atoms with van der Waals surface area (Å²) >= 11 is 0. The lowest BCUT2D eigenvalue weighted by Gasteiger charge is -2.17. The number of benzene rings is 2. The number of amidine groups is 1. The summed E-state index contributed by atoms with van der Waals surface area (Å²) in [5.41, 5.74) is 12.5. The Morgan fingerprint density at radius 1 is 1.03 bits per heavy atom. The van der Waals surface area contributed by atoms with Gasteiger partial charge >= 0.3 is 6.18 Å². The zero-order valence-corrected chi connectivity index (χ0v) is 17.8. The van der Waals surface area contributed by atoms with Gasteiger partial charge in [0.05, 0.1) is 12.2 Å². The van der Waals surface area contributed by atoms with Crippen LogP contribution >= 0.6 is 0 Å². The summed E-state index contributed by atoms with van der Waals surface area (Å²) in [5.74, 6) is -0.340. The van der Waals surface area contributed by atoms with Crippen LogP contribution < -0.4 is 16.8 Å². The summed E-state index contributed by atoms with van der Waals surface area (Å²) in [7, 11) is 0. The number of aliphatic hydroxyl groups excluding tert-OH is 2. The largest absolute Gasteiger partial charge is 0.506 e. The Morgan fingerprint density at radius 3 is 2.12 bits per heavy atom. The number of alkyl halides is 3. The molecule has 0 bridgehead atoms. The summed E-state index contributed by atoms with van der Waals surface area (Å²) in [6.45, 7) is 2.88. The van der Waals surface area contributed by atoms with Crippen molar-refractivity contribution in [1.29, 1.82) is 5.41 Å². The van der Waals surface area contributed by atoms with E-state index in [9.17, 15) is 23.4 Å². The minimum Gasteiger partial charge on any atom is -0.506 e. The maximum absolute atomic E-state index is 13.7. The third kappa shape index (κ3) is 6.04. The summed E-state index contributed by atoms with van der Waals surface area (Å²) in [5, 5.41) is 29.6. The average molecular weight is 448 g/mol. The Morgan fingerprint density at radius 2 is 1.62 bits per heavy atom. The van der Waals surface area contributed by atoms with Crippen LogP contribution in [0.5, 0.6) is 0 Å². The molecule has 8 N–H and O–H groups in total. The molecule has 32 heavy (non-hydrogen) atoms. The Kier molecular flexibility index (Phi) is 7.93. The lowest BCUT2D eigenvalue weighted by molar-refractivity contribution is -0.136. The van der Waals surface area contributed by atoms with Gasteiger partial charge in [-0.1, -0.05) is 35.9 Å². The Labute approximate surface area is 184 Å². The van der Waals surface area contributed by atoms with Gasteiger partial charge in [0.25, 0.3) is 0 Å². The highest BCUT2D eigenvalue weighted by molar-refractivity contribution is 5.95. The number of anilines is 1. The molecule has 172 valence electrons. The lowest BCUT2D eigenvalue weighted by Crippen LogP contribution is -2.13. The molecule has 0 saturated carbocycles. The number of nitrogen functional groups attached to an aromatic ring is 1. The van der Waals surface area contributed by atoms with Gasteiger partial charge in [-0.15, -0.1) is 0 Å². The Hall–Kier alpha value is -3.46. The predicted octanol–water partition coefficient (Wildman–Crippen LogP) is 4.52. The van der Waals surface area contributed by atoms with Gasteiger partial charge < -0.3 is 27.0 Å². The van der Waals surface area contributed by atoms with Crippen molar-refractivity contribution in [2.75, 3.05) is 18.5 Å². The molecule has 0 amide bonds. The first kappa shape index (κ1) is 24.8. The Balaban J connectivity index is 2.27. The summed E-state index contributed by atoms with van der Waals surface area (Å²) in [6.07, 6.45) is -4.28. The molecule has 0 fully saturated rings. The van der Waals surface area contributed by atoms with Crippen molar-refractivity contribution in [2.24, 2.45) is 11.5 Å². The molecule has 0 spiro atoms. The van der Waals surface area contributed by atoms with Crippen LogP contribution in [0.25, 0.3) is 11.1 Å². The fourth-order valence-electron chi connectivity index (χ4n) is 3.14. The predicted molar refractivity (Wildman–Crippen MR) is 120 cm³/mol. The molecule has 0 heterocycles. The van der Waals surface area contributed by atoms with E-state index in [-0.39, 0.29) is 35.1 Å². The van der Waals surface area contributed by atoms with E-state index in [1.54, 1.807) is 37.3 Å². The van der Waals surface area contributed by atoms with E-state index >= 15 is 0 Å².